The molecule has 2 aromatic rings. The quantitative estimate of drug-likeness (QED) is 0.873. The third-order valence-electron chi connectivity index (χ3n) is 2.98. The molecule has 0 aliphatic heterocycles. The van der Waals surface area contributed by atoms with Gasteiger partial charge in [0.1, 0.15) is 0 Å². The summed E-state index contributed by atoms with van der Waals surface area (Å²) in [7, 11) is -3.54. The molecule has 2 aromatic carbocycles. The summed E-state index contributed by atoms with van der Waals surface area (Å²) < 4.78 is 27.4. The van der Waals surface area contributed by atoms with E-state index in [0.717, 1.165) is 16.0 Å². The summed E-state index contributed by atoms with van der Waals surface area (Å²) >= 11 is 1.62. The summed E-state index contributed by atoms with van der Waals surface area (Å²) in [6.45, 7) is 3.68. The molecule has 0 aliphatic rings. The highest BCUT2D eigenvalue weighted by molar-refractivity contribution is 7.98. The molecular formula is C15H17NO2S2. The van der Waals surface area contributed by atoms with Crippen molar-refractivity contribution in [2.45, 2.75) is 23.6 Å². The maximum absolute atomic E-state index is 12.4. The number of nitrogens with one attached hydrogen (secondary N) is 1. The van der Waals surface area contributed by atoms with Crippen LogP contribution in [0.2, 0.25) is 0 Å². The minimum absolute atomic E-state index is 0.325. The summed E-state index contributed by atoms with van der Waals surface area (Å²) in [5.41, 5.74) is 2.24. The second-order valence-electron chi connectivity index (χ2n) is 4.60. The largest absolute Gasteiger partial charge is 0.280 e. The summed E-state index contributed by atoms with van der Waals surface area (Å²) in [5.74, 6) is 0. The Morgan fingerprint density at radius 1 is 1.00 bits per heavy atom. The molecule has 2 rings (SSSR count). The molecule has 0 aromatic heterocycles. The van der Waals surface area contributed by atoms with Crippen molar-refractivity contribution in [2.75, 3.05) is 11.0 Å². The summed E-state index contributed by atoms with van der Waals surface area (Å²) in [5, 5.41) is 0. The van der Waals surface area contributed by atoms with E-state index in [1.54, 1.807) is 36.9 Å². The Labute approximate surface area is 124 Å². The van der Waals surface area contributed by atoms with Gasteiger partial charge in [0.05, 0.1) is 4.90 Å². The standard InChI is InChI=1S/C15H17NO2S2/c1-11-4-5-12(2)15(10-11)20(17,18)16-13-6-8-14(19-3)9-7-13/h4-10,16H,1-3H3. The number of hydrogen-bond donors (Lipinski definition) is 1. The number of sulfonamides is 1. The fourth-order valence-corrected chi connectivity index (χ4v) is 3.66. The molecule has 5 heteroatoms. The Balaban J connectivity index is 2.32. The second-order valence-corrected chi connectivity index (χ2v) is 7.13. The lowest BCUT2D eigenvalue weighted by molar-refractivity contribution is 0.600. The molecule has 0 saturated carbocycles. The number of benzene rings is 2. The predicted octanol–water partition coefficient (Wildman–Crippen LogP) is 3.83. The number of anilines is 1. The van der Waals surface area contributed by atoms with Crippen LogP contribution in [0.3, 0.4) is 0 Å². The first-order valence-corrected chi connectivity index (χ1v) is 8.87. The number of thioether (sulfide) groups is 1. The van der Waals surface area contributed by atoms with Gasteiger partial charge in [-0.05, 0) is 61.6 Å². The normalized spacial score (nSPS) is 11.3. The molecule has 20 heavy (non-hydrogen) atoms. The zero-order valence-corrected chi connectivity index (χ0v) is 13.3. The van der Waals surface area contributed by atoms with Gasteiger partial charge in [-0.3, -0.25) is 4.72 Å². The second kappa shape index (κ2) is 5.89. The monoisotopic (exact) mass is 307 g/mol. The van der Waals surface area contributed by atoms with E-state index < -0.39 is 10.0 Å². The summed E-state index contributed by atoms with van der Waals surface area (Å²) in [6, 6.07) is 12.7. The molecular weight excluding hydrogens is 290 g/mol. The molecule has 0 aliphatic carbocycles. The topological polar surface area (TPSA) is 46.2 Å². The van der Waals surface area contributed by atoms with E-state index in [2.05, 4.69) is 4.72 Å². The average Bonchev–Trinajstić information content (AvgIpc) is 2.42. The van der Waals surface area contributed by atoms with E-state index in [0.29, 0.717) is 10.6 Å². The van der Waals surface area contributed by atoms with E-state index in [4.69, 9.17) is 0 Å². The van der Waals surface area contributed by atoms with Crippen LogP contribution in [0.1, 0.15) is 11.1 Å². The fourth-order valence-electron chi connectivity index (χ4n) is 1.87. The van der Waals surface area contributed by atoms with Crippen LogP contribution >= 0.6 is 11.8 Å². The van der Waals surface area contributed by atoms with Gasteiger partial charge in [-0.25, -0.2) is 8.42 Å². The van der Waals surface area contributed by atoms with Gasteiger partial charge in [-0.15, -0.1) is 11.8 Å². The molecule has 0 atom stereocenters. The molecule has 0 bridgehead atoms. The number of hydrogen-bond acceptors (Lipinski definition) is 3. The van der Waals surface area contributed by atoms with Crippen molar-refractivity contribution in [1.29, 1.82) is 0 Å². The van der Waals surface area contributed by atoms with E-state index in [-0.39, 0.29) is 0 Å². The van der Waals surface area contributed by atoms with Crippen molar-refractivity contribution in [3.63, 3.8) is 0 Å². The van der Waals surface area contributed by atoms with Gasteiger partial charge < -0.3 is 0 Å². The van der Waals surface area contributed by atoms with Crippen LogP contribution in [0.4, 0.5) is 5.69 Å². The molecule has 0 fully saturated rings. The van der Waals surface area contributed by atoms with E-state index in [1.165, 1.54) is 0 Å². The first-order valence-electron chi connectivity index (χ1n) is 6.16. The summed E-state index contributed by atoms with van der Waals surface area (Å²) in [4.78, 5) is 1.42. The minimum Gasteiger partial charge on any atom is -0.280 e. The van der Waals surface area contributed by atoms with Crippen LogP contribution in [-0.4, -0.2) is 14.7 Å². The van der Waals surface area contributed by atoms with Crippen LogP contribution in [0.15, 0.2) is 52.3 Å². The Hall–Kier alpha value is -1.46. The third-order valence-corrected chi connectivity index (χ3v) is 5.24. The maximum Gasteiger partial charge on any atom is 0.262 e. The van der Waals surface area contributed by atoms with Crippen LogP contribution in [0.25, 0.3) is 0 Å². The molecule has 0 heterocycles. The van der Waals surface area contributed by atoms with Gasteiger partial charge in [-0.2, -0.15) is 0 Å². The molecule has 0 unspecified atom stereocenters. The highest BCUT2D eigenvalue weighted by atomic mass is 32.2. The van der Waals surface area contributed by atoms with Crippen molar-refractivity contribution in [3.8, 4) is 0 Å². The van der Waals surface area contributed by atoms with Crippen molar-refractivity contribution in [3.05, 3.63) is 53.6 Å². The SMILES string of the molecule is CSc1ccc(NS(=O)(=O)c2cc(C)ccc2C)cc1. The number of aryl methyl sites for hydroxylation is 2. The molecule has 3 nitrogen and oxygen atoms in total. The highest BCUT2D eigenvalue weighted by Crippen LogP contribution is 2.22. The van der Waals surface area contributed by atoms with Crippen LogP contribution in [-0.2, 0) is 10.0 Å². The first-order chi connectivity index (χ1) is 9.42. The van der Waals surface area contributed by atoms with Crippen LogP contribution in [0.5, 0.6) is 0 Å². The first kappa shape index (κ1) is 14.9. The molecule has 0 saturated heterocycles. The zero-order chi connectivity index (χ0) is 14.8. The van der Waals surface area contributed by atoms with Gasteiger partial charge in [0.25, 0.3) is 10.0 Å². The third kappa shape index (κ3) is 3.35. The Morgan fingerprint density at radius 3 is 2.25 bits per heavy atom. The predicted molar refractivity (Wildman–Crippen MR) is 84.9 cm³/mol. The van der Waals surface area contributed by atoms with Crippen molar-refractivity contribution < 1.29 is 8.42 Å². The van der Waals surface area contributed by atoms with Crippen molar-refractivity contribution in [1.82, 2.24) is 0 Å². The van der Waals surface area contributed by atoms with Gasteiger partial charge in [0.15, 0.2) is 0 Å². The van der Waals surface area contributed by atoms with Gasteiger partial charge in [0, 0.05) is 10.6 Å². The van der Waals surface area contributed by atoms with Gasteiger partial charge >= 0.3 is 0 Å². The lowest BCUT2D eigenvalue weighted by Gasteiger charge is -2.11. The average molecular weight is 307 g/mol. The Morgan fingerprint density at radius 2 is 1.65 bits per heavy atom. The van der Waals surface area contributed by atoms with Crippen LogP contribution < -0.4 is 4.72 Å². The molecule has 1 N–H and O–H groups in total. The summed E-state index contributed by atoms with van der Waals surface area (Å²) in [6.07, 6.45) is 1.98. The smallest absolute Gasteiger partial charge is 0.262 e. The molecule has 106 valence electrons. The Bertz CT molecular complexity index is 707. The van der Waals surface area contributed by atoms with Crippen molar-refractivity contribution in [2.24, 2.45) is 0 Å². The lowest BCUT2D eigenvalue weighted by Crippen LogP contribution is -2.14. The van der Waals surface area contributed by atoms with Gasteiger partial charge in [0.2, 0.25) is 0 Å². The molecule has 0 radical (unpaired) electrons. The van der Waals surface area contributed by atoms with Crippen LogP contribution in [0, 0.1) is 13.8 Å². The molecule has 0 spiro atoms. The van der Waals surface area contributed by atoms with Gasteiger partial charge in [-0.1, -0.05) is 12.1 Å². The molecule has 0 amide bonds. The minimum atomic E-state index is -3.54. The zero-order valence-electron chi connectivity index (χ0n) is 11.7. The van der Waals surface area contributed by atoms with Crippen molar-refractivity contribution >= 4 is 27.5 Å². The van der Waals surface area contributed by atoms with E-state index >= 15 is 0 Å². The lowest BCUT2D eigenvalue weighted by atomic mass is 10.2. The maximum atomic E-state index is 12.4. The Kier molecular flexibility index (Phi) is 4.40. The fraction of sp³-hybridized carbons (Fsp3) is 0.200. The van der Waals surface area contributed by atoms with E-state index in [9.17, 15) is 8.42 Å². The number of rotatable bonds is 4. The van der Waals surface area contributed by atoms with E-state index in [1.807, 2.05) is 37.4 Å². The highest BCUT2D eigenvalue weighted by Gasteiger charge is 2.16.